The van der Waals surface area contributed by atoms with Crippen LogP contribution in [0, 0.1) is 5.92 Å². The number of hydrogen-bond donors (Lipinski definition) is 0. The Hall–Kier alpha value is -1.85. The second-order valence-electron chi connectivity index (χ2n) is 9.20. The highest BCUT2D eigenvalue weighted by Gasteiger charge is 2.73. The van der Waals surface area contributed by atoms with Crippen molar-refractivity contribution in [1.82, 2.24) is 4.90 Å². The van der Waals surface area contributed by atoms with Crippen molar-refractivity contribution in [2.24, 2.45) is 5.92 Å². The maximum Gasteiger partial charge on any atom is 0.435 e. The van der Waals surface area contributed by atoms with Gasteiger partial charge in [0.1, 0.15) is 9.84 Å². The van der Waals surface area contributed by atoms with Crippen molar-refractivity contribution in [2.75, 3.05) is 19.3 Å². The van der Waals surface area contributed by atoms with E-state index in [0.29, 0.717) is 62.8 Å². The van der Waals surface area contributed by atoms with Crippen molar-refractivity contribution in [2.45, 2.75) is 67.7 Å². The maximum atomic E-state index is 14.2. The summed E-state index contributed by atoms with van der Waals surface area (Å²) < 4.78 is 116. The Labute approximate surface area is 193 Å². The molecule has 1 heterocycles. The molecule has 1 unspecified atom stereocenters. The van der Waals surface area contributed by atoms with E-state index in [4.69, 9.17) is 0 Å². The van der Waals surface area contributed by atoms with E-state index in [-0.39, 0.29) is 24.3 Å². The van der Waals surface area contributed by atoms with Gasteiger partial charge in [-0.05, 0) is 44.1 Å². The van der Waals surface area contributed by atoms with Crippen LogP contribution in [-0.4, -0.2) is 56.2 Å². The van der Waals surface area contributed by atoms with Crippen LogP contribution in [0.2, 0.25) is 0 Å². The van der Waals surface area contributed by atoms with E-state index >= 15 is 0 Å². The van der Waals surface area contributed by atoms with Gasteiger partial charge in [0.2, 0.25) is 5.91 Å². The molecule has 1 saturated carbocycles. The molecule has 0 radical (unpaired) electrons. The number of nitrogens with zero attached hydrogens (tertiary/aromatic N) is 1. The summed E-state index contributed by atoms with van der Waals surface area (Å²) in [6, 6.07) is 3.11. The highest BCUT2D eigenvalue weighted by molar-refractivity contribution is 7.91. The zero-order valence-electron chi connectivity index (χ0n) is 18.4. The van der Waals surface area contributed by atoms with Gasteiger partial charge in [-0.1, -0.05) is 24.3 Å². The normalized spacial score (nSPS) is 25.3. The fraction of sp³-hybridized carbons (Fsp3) is 0.682. The summed E-state index contributed by atoms with van der Waals surface area (Å²) in [6.45, 7) is 0.707. The monoisotopic (exact) mass is 517 g/mol. The topological polar surface area (TPSA) is 54.5 Å². The molecule has 1 aliphatic carbocycles. The molecule has 34 heavy (non-hydrogen) atoms. The molecule has 0 aromatic heterocycles. The van der Waals surface area contributed by atoms with Crippen LogP contribution in [-0.2, 0) is 20.3 Å². The number of hydrogen-bond acceptors (Lipinski definition) is 3. The molecule has 0 N–H and O–H groups in total. The largest absolute Gasteiger partial charge is 0.435 e. The van der Waals surface area contributed by atoms with Crippen LogP contribution in [0.1, 0.15) is 55.6 Å². The van der Waals surface area contributed by atoms with E-state index in [9.17, 15) is 43.9 Å². The Balaban J connectivity index is 1.70. The molecule has 0 bridgehead atoms. The average Bonchev–Trinajstić information content (AvgIpc) is 2.76. The molecule has 1 aromatic carbocycles. The van der Waals surface area contributed by atoms with Crippen LogP contribution in [0.4, 0.5) is 30.7 Å². The number of benzene rings is 1. The number of amides is 1. The Morgan fingerprint density at radius 2 is 1.41 bits per heavy atom. The highest BCUT2D eigenvalue weighted by atomic mass is 32.2. The van der Waals surface area contributed by atoms with Crippen molar-refractivity contribution in [3.63, 3.8) is 0 Å². The first-order valence-electron chi connectivity index (χ1n) is 11.0. The number of rotatable bonds is 4. The molecule has 1 saturated heterocycles. The predicted octanol–water partition coefficient (Wildman–Crippen LogP) is 5.29. The zero-order valence-corrected chi connectivity index (χ0v) is 19.2. The first kappa shape index (κ1) is 26.7. The van der Waals surface area contributed by atoms with Gasteiger partial charge in [0.15, 0.2) is 0 Å². The summed E-state index contributed by atoms with van der Waals surface area (Å²) in [5.74, 6) is -0.750. The number of carbonyl (C=O) groups is 1. The molecule has 4 nitrogen and oxygen atoms in total. The smallest absolute Gasteiger partial charge is 0.342 e. The summed E-state index contributed by atoms with van der Waals surface area (Å²) in [5.41, 5.74) is -6.59. The van der Waals surface area contributed by atoms with Crippen molar-refractivity contribution in [1.29, 1.82) is 0 Å². The van der Waals surface area contributed by atoms with E-state index in [0.717, 1.165) is 12.1 Å². The van der Waals surface area contributed by atoms with Crippen LogP contribution in [0.25, 0.3) is 0 Å². The molecule has 12 heteroatoms. The van der Waals surface area contributed by atoms with Crippen LogP contribution in [0.5, 0.6) is 0 Å². The molecule has 1 aliphatic heterocycles. The number of alkyl halides is 7. The van der Waals surface area contributed by atoms with E-state index in [1.165, 1.54) is 6.26 Å². The summed E-state index contributed by atoms with van der Waals surface area (Å²) in [7, 11) is -3.17. The lowest BCUT2D eigenvalue weighted by molar-refractivity contribution is -0.348. The lowest BCUT2D eigenvalue weighted by atomic mass is 9.85. The predicted molar refractivity (Wildman–Crippen MR) is 110 cm³/mol. The number of piperidine rings is 1. The number of sulfone groups is 1. The van der Waals surface area contributed by atoms with Gasteiger partial charge < -0.3 is 4.90 Å². The molecular weight excluding hydrogens is 491 g/mol. The average molecular weight is 518 g/mol. The fourth-order valence-electron chi connectivity index (χ4n) is 4.92. The SMILES string of the molecule is CS(=O)(=O)C1CCC(C(=O)N2CCCC(c3ccc(C(F)(C(F)(F)F)C(F)(F)F)cc3)C2)CC1. The molecule has 2 fully saturated rings. The van der Waals surface area contributed by atoms with Crippen molar-refractivity contribution >= 4 is 15.7 Å². The van der Waals surface area contributed by atoms with E-state index in [1.54, 1.807) is 4.90 Å². The maximum absolute atomic E-state index is 14.2. The fourth-order valence-corrected chi connectivity index (χ4v) is 6.05. The Kier molecular flexibility index (Phi) is 7.32. The molecule has 1 atom stereocenters. The van der Waals surface area contributed by atoms with Gasteiger partial charge in [0.05, 0.1) is 5.25 Å². The summed E-state index contributed by atoms with van der Waals surface area (Å²) in [4.78, 5) is 14.6. The summed E-state index contributed by atoms with van der Waals surface area (Å²) >= 11 is 0. The van der Waals surface area contributed by atoms with Crippen LogP contribution in [0.15, 0.2) is 24.3 Å². The minimum absolute atomic E-state index is 0.120. The lowest BCUT2D eigenvalue weighted by Gasteiger charge is -2.37. The Morgan fingerprint density at radius 1 is 0.882 bits per heavy atom. The quantitative estimate of drug-likeness (QED) is 0.511. The van der Waals surface area contributed by atoms with Crippen LogP contribution >= 0.6 is 0 Å². The third-order valence-corrected chi connectivity index (χ3v) is 8.61. The molecule has 0 spiro atoms. The molecule has 1 amide bonds. The van der Waals surface area contributed by atoms with Crippen LogP contribution in [0.3, 0.4) is 0 Å². The molecule has 192 valence electrons. The van der Waals surface area contributed by atoms with Gasteiger partial charge in [-0.25, -0.2) is 12.8 Å². The third kappa shape index (κ3) is 5.21. The summed E-state index contributed by atoms with van der Waals surface area (Å²) in [5, 5.41) is -0.458. The van der Waals surface area contributed by atoms with Crippen molar-refractivity contribution in [3.05, 3.63) is 35.4 Å². The first-order chi connectivity index (χ1) is 15.6. The van der Waals surface area contributed by atoms with Gasteiger partial charge in [0.25, 0.3) is 0 Å². The number of carbonyl (C=O) groups excluding carboxylic acids is 1. The van der Waals surface area contributed by atoms with Gasteiger partial charge in [-0.15, -0.1) is 0 Å². The van der Waals surface area contributed by atoms with Gasteiger partial charge in [-0.2, -0.15) is 26.3 Å². The van der Waals surface area contributed by atoms with Crippen molar-refractivity contribution < 1.29 is 43.9 Å². The van der Waals surface area contributed by atoms with E-state index in [1.807, 2.05) is 0 Å². The lowest BCUT2D eigenvalue weighted by Crippen LogP contribution is -2.50. The van der Waals surface area contributed by atoms with Crippen LogP contribution < -0.4 is 0 Å². The minimum Gasteiger partial charge on any atom is -0.342 e. The van der Waals surface area contributed by atoms with E-state index in [2.05, 4.69) is 0 Å². The molecule has 2 aliphatic rings. The number of likely N-dealkylation sites (tertiary alicyclic amines) is 1. The summed E-state index contributed by atoms with van der Waals surface area (Å²) in [6.07, 6.45) is -8.31. The third-order valence-electron chi connectivity index (χ3n) is 6.92. The zero-order chi connectivity index (χ0) is 25.5. The minimum atomic E-state index is -6.17. The first-order valence-corrected chi connectivity index (χ1v) is 12.9. The van der Waals surface area contributed by atoms with Gasteiger partial charge in [0, 0.05) is 36.7 Å². The second kappa shape index (κ2) is 9.31. The molecular formula is C22H26F7NO3S. The van der Waals surface area contributed by atoms with Crippen molar-refractivity contribution in [3.8, 4) is 0 Å². The number of halogens is 7. The Morgan fingerprint density at radius 3 is 1.88 bits per heavy atom. The standard InChI is InChI=1S/C22H26F7NO3S/c1-34(32,33)18-10-6-15(7-11-18)19(31)30-12-2-3-16(13-30)14-4-8-17(9-5-14)20(23,21(24,25)26)22(27,28)29/h4-5,8-9,15-16,18H,2-3,6-7,10-13H2,1H3. The molecule has 3 rings (SSSR count). The molecule has 1 aromatic rings. The van der Waals surface area contributed by atoms with E-state index < -0.39 is 38.7 Å². The Bertz CT molecular complexity index is 967. The van der Waals surface area contributed by atoms with Gasteiger partial charge in [-0.3, -0.25) is 4.79 Å². The highest BCUT2D eigenvalue weighted by Crippen LogP contribution is 2.53. The van der Waals surface area contributed by atoms with Gasteiger partial charge >= 0.3 is 18.0 Å². The second-order valence-corrected chi connectivity index (χ2v) is 11.5.